The van der Waals surface area contributed by atoms with Crippen molar-refractivity contribution in [1.82, 2.24) is 9.97 Å². The van der Waals surface area contributed by atoms with E-state index in [2.05, 4.69) is 9.97 Å². The van der Waals surface area contributed by atoms with E-state index in [4.69, 9.17) is 47.9 Å². The van der Waals surface area contributed by atoms with E-state index < -0.39 is 29.9 Å². The van der Waals surface area contributed by atoms with Crippen molar-refractivity contribution in [1.29, 1.82) is 0 Å². The molecule has 0 spiro atoms. The lowest BCUT2D eigenvalue weighted by atomic mass is 9.74. The molecule has 2 aromatic carbocycles. The van der Waals surface area contributed by atoms with Crippen molar-refractivity contribution in [2.45, 2.75) is 101 Å². The van der Waals surface area contributed by atoms with Crippen molar-refractivity contribution in [2.75, 3.05) is 41.7 Å². The average Bonchev–Trinajstić information content (AvgIpc) is 3.32. The zero-order valence-electron chi connectivity index (χ0n) is 37.1. The number of benzene rings is 2. The summed E-state index contributed by atoms with van der Waals surface area (Å²) in [6, 6.07) is 15.2. The van der Waals surface area contributed by atoms with Gasteiger partial charge >= 0.3 is 11.9 Å². The number of carbonyl (C=O) groups is 3. The normalized spacial score (nSPS) is 21.8. The third-order valence-corrected chi connectivity index (χ3v) is 12.5. The monoisotopic (exact) mass is 874 g/mol. The molecule has 2 aliphatic carbocycles. The first kappa shape index (κ1) is 44.1. The van der Waals surface area contributed by atoms with Gasteiger partial charge in [-0.2, -0.15) is 0 Å². The van der Waals surface area contributed by atoms with Crippen LogP contribution in [-0.4, -0.2) is 105 Å². The number of nitrogens with zero attached hydrogens (tertiary/aromatic N) is 4. The average molecular weight is 875 g/mol. The summed E-state index contributed by atoms with van der Waals surface area (Å²) in [5, 5.41) is 0. The van der Waals surface area contributed by atoms with Gasteiger partial charge in [0.15, 0.2) is 23.0 Å². The number of hydrogen-bond acceptors (Lipinski definition) is 15. The molecule has 2 saturated carbocycles. The zero-order valence-corrected chi connectivity index (χ0v) is 37.1. The number of ketones is 1. The molecule has 6 atom stereocenters. The molecule has 8 rings (SSSR count). The number of hydrogen-bond donors (Lipinski definition) is 0. The zero-order chi connectivity index (χ0) is 44.9. The Hall–Kier alpha value is -6.51. The van der Waals surface area contributed by atoms with Crippen LogP contribution in [0, 0.1) is 0 Å². The van der Waals surface area contributed by atoms with Gasteiger partial charge in [0.25, 0.3) is 0 Å². The van der Waals surface area contributed by atoms with Crippen LogP contribution in [0.2, 0.25) is 0 Å². The molecule has 4 heterocycles. The summed E-state index contributed by atoms with van der Waals surface area (Å²) < 4.78 is 45.7. The van der Waals surface area contributed by atoms with Crippen molar-refractivity contribution in [3.8, 4) is 34.8 Å². The number of rotatable bonds is 16. The first-order chi connectivity index (χ1) is 31.1. The minimum absolute atomic E-state index is 0.0611. The van der Waals surface area contributed by atoms with Crippen molar-refractivity contribution < 1.29 is 52.3 Å². The molecule has 0 bridgehead atoms. The van der Waals surface area contributed by atoms with Crippen molar-refractivity contribution >= 4 is 29.1 Å². The summed E-state index contributed by atoms with van der Waals surface area (Å²) in [6.45, 7) is 4.74. The molecule has 64 heavy (non-hydrogen) atoms. The van der Waals surface area contributed by atoms with Crippen LogP contribution in [0.4, 0.5) is 0 Å². The van der Waals surface area contributed by atoms with Crippen LogP contribution in [0.3, 0.4) is 0 Å². The van der Waals surface area contributed by atoms with Crippen LogP contribution >= 0.6 is 0 Å². The summed E-state index contributed by atoms with van der Waals surface area (Å²) in [5.74, 6) is 0.966. The van der Waals surface area contributed by atoms with Crippen molar-refractivity contribution in [3.63, 3.8) is 0 Å². The number of Topliss-reactive ketones (excluding diaryl/α,β-unsaturated/α-hetero) is 1. The fraction of sp³-hybridized carbons (Fsp3) is 0.449. The Balaban J connectivity index is 0.902. The predicted octanol–water partition coefficient (Wildman–Crippen LogP) is 7.16. The second-order valence-corrected chi connectivity index (χ2v) is 16.2. The topological polar surface area (TPSA) is 176 Å². The number of pyridine rings is 2. The summed E-state index contributed by atoms with van der Waals surface area (Å²) >= 11 is 0. The van der Waals surface area contributed by atoms with Gasteiger partial charge in [0.2, 0.25) is 17.5 Å². The molecular weight excluding hydrogens is 821 g/mol. The number of aliphatic imine (C=N–C) groups is 2. The maximum atomic E-state index is 13.3. The van der Waals surface area contributed by atoms with Gasteiger partial charge in [0.05, 0.1) is 71.6 Å². The van der Waals surface area contributed by atoms with E-state index in [0.717, 1.165) is 44.8 Å². The quantitative estimate of drug-likeness (QED) is 0.0820. The Morgan fingerprint density at radius 3 is 1.48 bits per heavy atom. The molecule has 0 amide bonds. The van der Waals surface area contributed by atoms with E-state index >= 15 is 0 Å². The van der Waals surface area contributed by atoms with Crippen LogP contribution in [0.1, 0.15) is 110 Å². The van der Waals surface area contributed by atoms with Gasteiger partial charge in [-0.05, 0) is 99.9 Å². The molecule has 0 N–H and O–H groups in total. The third-order valence-electron chi connectivity index (χ3n) is 12.5. The number of methoxy groups -OCH3 is 4. The Morgan fingerprint density at radius 1 is 0.578 bits per heavy atom. The molecule has 15 nitrogen and oxygen atoms in total. The van der Waals surface area contributed by atoms with Gasteiger partial charge < -0.3 is 37.9 Å². The minimum Gasteiger partial charge on any atom is -0.493 e. The van der Waals surface area contributed by atoms with E-state index in [9.17, 15) is 14.4 Å². The number of fused-ring (bicyclic) bond motifs is 6. The Kier molecular flexibility index (Phi) is 13.4. The van der Waals surface area contributed by atoms with Crippen LogP contribution in [-0.2, 0) is 23.9 Å². The van der Waals surface area contributed by atoms with Crippen molar-refractivity contribution in [3.05, 3.63) is 94.3 Å². The third kappa shape index (κ3) is 9.11. The largest absolute Gasteiger partial charge is 0.493 e. The molecular formula is C49H54N4O11. The van der Waals surface area contributed by atoms with Crippen LogP contribution in [0.5, 0.6) is 34.8 Å². The molecule has 2 aromatic heterocycles. The lowest BCUT2D eigenvalue weighted by molar-refractivity contribution is -0.160. The van der Waals surface area contributed by atoms with E-state index in [1.54, 1.807) is 53.0 Å². The number of aromatic nitrogens is 2. The fourth-order valence-corrected chi connectivity index (χ4v) is 9.45. The SMILES string of the molecule is CCOc1cc2c(cc1OC)C(c1ccc(OC)nc1)=N[C@@H]1CC[C@@H](OC(=O)CCC(=O)C(=O)O[C@@H]3CC[C@H]4N=C(c5ccc(OC)nc5)c5cc(OC)c(OCC)cc5[C@H]4C3)C[C@H]21. The fourth-order valence-electron chi connectivity index (χ4n) is 9.45. The van der Waals surface area contributed by atoms with Gasteiger partial charge in [-0.15, -0.1) is 0 Å². The predicted molar refractivity (Wildman–Crippen MR) is 236 cm³/mol. The van der Waals surface area contributed by atoms with Gasteiger partial charge in [-0.1, -0.05) is 0 Å². The summed E-state index contributed by atoms with van der Waals surface area (Å²) in [7, 11) is 6.35. The Bertz CT molecular complexity index is 2430. The first-order valence-corrected chi connectivity index (χ1v) is 21.9. The molecule has 0 saturated heterocycles. The molecule has 4 aliphatic rings. The standard InChI is InChI=1S/C49H54N4O11/c1-7-61-42-21-31-33-19-29(11-13-37(33)52-47(35(31)23-40(42)57-3)27-9-16-44(59-5)50-25-27)63-46(55)18-15-39(54)49(56)64-30-12-14-38-34(20-30)32-22-43(62-8-2)41(58-4)24-36(32)48(53-38)28-10-17-45(60-6)51-26-28/h9-10,16-17,21-26,29-30,33-34,37-38H,7-8,11-15,18-20H2,1-6H3/t29-,30-,33-,34-,37-,38-/m1/s1. The molecule has 0 unspecified atom stereocenters. The summed E-state index contributed by atoms with van der Waals surface area (Å²) in [5.41, 5.74) is 7.04. The lowest BCUT2D eigenvalue weighted by Gasteiger charge is -2.38. The first-order valence-electron chi connectivity index (χ1n) is 21.9. The molecule has 15 heteroatoms. The van der Waals surface area contributed by atoms with Gasteiger partial charge in [0, 0.05) is 65.0 Å². The van der Waals surface area contributed by atoms with Crippen LogP contribution in [0.15, 0.2) is 70.9 Å². The van der Waals surface area contributed by atoms with Gasteiger partial charge in [-0.3, -0.25) is 19.6 Å². The molecule has 0 radical (unpaired) electrons. The molecule has 2 fully saturated rings. The van der Waals surface area contributed by atoms with Crippen LogP contribution < -0.4 is 28.4 Å². The number of esters is 2. The highest BCUT2D eigenvalue weighted by atomic mass is 16.6. The maximum Gasteiger partial charge on any atom is 0.374 e. The highest BCUT2D eigenvalue weighted by molar-refractivity contribution is 6.33. The number of ether oxygens (including phenoxy) is 8. The maximum absolute atomic E-state index is 13.3. The molecule has 4 aromatic rings. The highest BCUT2D eigenvalue weighted by Gasteiger charge is 2.41. The van der Waals surface area contributed by atoms with Crippen molar-refractivity contribution in [2.24, 2.45) is 9.98 Å². The Labute approximate surface area is 372 Å². The second-order valence-electron chi connectivity index (χ2n) is 16.2. The lowest BCUT2D eigenvalue weighted by Crippen LogP contribution is -2.37. The smallest absolute Gasteiger partial charge is 0.374 e. The highest BCUT2D eigenvalue weighted by Crippen LogP contribution is 2.47. The van der Waals surface area contributed by atoms with E-state index in [1.807, 2.05) is 50.2 Å². The van der Waals surface area contributed by atoms with E-state index in [1.165, 1.54) is 0 Å². The minimum atomic E-state index is -0.953. The second kappa shape index (κ2) is 19.5. The summed E-state index contributed by atoms with van der Waals surface area (Å²) in [6.07, 6.45) is 5.43. The van der Waals surface area contributed by atoms with E-state index in [-0.39, 0.29) is 36.8 Å². The van der Waals surface area contributed by atoms with Gasteiger partial charge in [-0.25, -0.2) is 14.8 Å². The summed E-state index contributed by atoms with van der Waals surface area (Å²) in [4.78, 5) is 58.9. The van der Waals surface area contributed by atoms with Gasteiger partial charge in [0.1, 0.15) is 12.2 Å². The molecule has 336 valence electrons. The van der Waals surface area contributed by atoms with E-state index in [0.29, 0.717) is 86.5 Å². The molecule has 2 aliphatic heterocycles. The van der Waals surface area contributed by atoms with Crippen LogP contribution in [0.25, 0.3) is 0 Å². The number of carbonyl (C=O) groups excluding carboxylic acids is 3. The Morgan fingerprint density at radius 2 is 1.06 bits per heavy atom.